The van der Waals surface area contributed by atoms with Gasteiger partial charge in [-0.3, -0.25) is 4.79 Å². The van der Waals surface area contributed by atoms with Crippen molar-refractivity contribution in [2.24, 2.45) is 0 Å². The van der Waals surface area contributed by atoms with Crippen molar-refractivity contribution in [1.29, 1.82) is 0 Å². The highest BCUT2D eigenvalue weighted by Gasteiger charge is 2.37. The number of carbonyl (C=O) groups is 1. The fourth-order valence-corrected chi connectivity index (χ4v) is 4.37. The molecular formula is C15H23N3OS. The summed E-state index contributed by atoms with van der Waals surface area (Å²) in [4.78, 5) is 20.0. The molecule has 2 saturated heterocycles. The maximum Gasteiger partial charge on any atom is 0.266 e. The van der Waals surface area contributed by atoms with E-state index in [9.17, 15) is 4.79 Å². The number of amides is 1. The summed E-state index contributed by atoms with van der Waals surface area (Å²) in [5, 5.41) is 3.65. The molecular weight excluding hydrogens is 270 g/mol. The maximum atomic E-state index is 12.8. The summed E-state index contributed by atoms with van der Waals surface area (Å²) in [7, 11) is 0. The highest BCUT2D eigenvalue weighted by Crippen LogP contribution is 2.31. The Labute approximate surface area is 124 Å². The van der Waals surface area contributed by atoms with Crippen LogP contribution in [0, 0.1) is 6.92 Å². The fraction of sp³-hybridized carbons (Fsp3) is 0.733. The zero-order chi connectivity index (χ0) is 14.1. The first-order valence-electron chi connectivity index (χ1n) is 7.66. The van der Waals surface area contributed by atoms with Gasteiger partial charge in [0.15, 0.2) is 0 Å². The lowest BCUT2D eigenvalue weighted by molar-refractivity contribution is 0.0621. The van der Waals surface area contributed by atoms with Crippen LogP contribution in [0.15, 0.2) is 5.51 Å². The van der Waals surface area contributed by atoms with E-state index >= 15 is 0 Å². The maximum absolute atomic E-state index is 12.8. The molecule has 2 bridgehead atoms. The van der Waals surface area contributed by atoms with Gasteiger partial charge in [-0.25, -0.2) is 4.98 Å². The number of carbonyl (C=O) groups excluding carboxylic acids is 1. The number of nitrogens with one attached hydrogen (secondary N) is 1. The molecule has 0 aliphatic carbocycles. The van der Waals surface area contributed by atoms with Gasteiger partial charge in [0, 0.05) is 24.7 Å². The predicted molar refractivity (Wildman–Crippen MR) is 81.1 cm³/mol. The topological polar surface area (TPSA) is 45.2 Å². The lowest BCUT2D eigenvalue weighted by atomic mass is 9.97. The zero-order valence-corrected chi connectivity index (χ0v) is 13.1. The first kappa shape index (κ1) is 14.0. The quantitative estimate of drug-likeness (QED) is 0.928. The van der Waals surface area contributed by atoms with Crippen LogP contribution in [0.3, 0.4) is 0 Å². The highest BCUT2D eigenvalue weighted by atomic mass is 32.1. The van der Waals surface area contributed by atoms with Gasteiger partial charge in [-0.05, 0) is 39.0 Å². The van der Waals surface area contributed by atoms with E-state index in [0.29, 0.717) is 18.1 Å². The first-order chi connectivity index (χ1) is 9.69. The second kappa shape index (κ2) is 5.82. The van der Waals surface area contributed by atoms with Crippen LogP contribution in [0.4, 0.5) is 0 Å². The second-order valence-electron chi connectivity index (χ2n) is 6.03. The van der Waals surface area contributed by atoms with Crippen LogP contribution in [-0.2, 0) is 0 Å². The molecule has 2 aliphatic heterocycles. The molecule has 1 aromatic rings. The molecule has 3 heterocycles. The van der Waals surface area contributed by atoms with Crippen LogP contribution in [-0.4, -0.2) is 40.5 Å². The normalized spacial score (nSPS) is 28.6. The molecule has 1 aromatic heterocycles. The number of piperidine rings is 1. The number of rotatable bonds is 4. The minimum atomic E-state index is 0.193. The second-order valence-corrected chi connectivity index (χ2v) is 6.88. The molecule has 3 rings (SSSR count). The number of hydrogen-bond donors (Lipinski definition) is 1. The Hall–Kier alpha value is -0.940. The standard InChI is InChI=1S/C15H23N3OS/c1-3-6-18(15(19)14-10(2)16-9-20-14)13-7-11-4-5-12(8-13)17-11/h9,11-13,17H,3-8H2,1-2H3. The number of aryl methyl sites for hydroxylation is 1. The Balaban J connectivity index is 1.78. The van der Waals surface area contributed by atoms with Gasteiger partial charge in [0.2, 0.25) is 0 Å². The third-order valence-electron chi connectivity index (χ3n) is 4.55. The molecule has 0 aromatic carbocycles. The molecule has 1 amide bonds. The van der Waals surface area contributed by atoms with Gasteiger partial charge in [0.1, 0.15) is 4.88 Å². The summed E-state index contributed by atoms with van der Waals surface area (Å²) >= 11 is 1.48. The Morgan fingerprint density at radius 2 is 2.15 bits per heavy atom. The minimum absolute atomic E-state index is 0.193. The SMILES string of the molecule is CCCN(C(=O)c1scnc1C)C1CC2CCC(C1)N2. The summed E-state index contributed by atoms with van der Waals surface area (Å²) in [6, 6.07) is 1.64. The van der Waals surface area contributed by atoms with Crippen molar-refractivity contribution in [2.45, 2.75) is 64.1 Å². The Kier molecular flexibility index (Phi) is 4.08. The van der Waals surface area contributed by atoms with Crippen LogP contribution in [0.25, 0.3) is 0 Å². The number of aromatic nitrogens is 1. The van der Waals surface area contributed by atoms with E-state index in [4.69, 9.17) is 0 Å². The minimum Gasteiger partial charge on any atom is -0.335 e. The van der Waals surface area contributed by atoms with Crippen molar-refractivity contribution >= 4 is 17.2 Å². The number of fused-ring (bicyclic) bond motifs is 2. The Morgan fingerprint density at radius 3 is 2.70 bits per heavy atom. The number of thiazole rings is 1. The van der Waals surface area contributed by atoms with E-state index in [-0.39, 0.29) is 5.91 Å². The molecule has 110 valence electrons. The molecule has 5 heteroatoms. The average molecular weight is 293 g/mol. The first-order valence-corrected chi connectivity index (χ1v) is 8.54. The average Bonchev–Trinajstić information content (AvgIpc) is 3.01. The monoisotopic (exact) mass is 293 g/mol. The number of nitrogens with zero attached hydrogens (tertiary/aromatic N) is 2. The summed E-state index contributed by atoms with van der Waals surface area (Å²) < 4.78 is 0. The molecule has 0 radical (unpaired) electrons. The van der Waals surface area contributed by atoms with Crippen LogP contribution in [0.2, 0.25) is 0 Å². The van der Waals surface area contributed by atoms with E-state index in [0.717, 1.165) is 36.4 Å². The van der Waals surface area contributed by atoms with E-state index in [1.807, 2.05) is 6.92 Å². The fourth-order valence-electron chi connectivity index (χ4n) is 3.61. The van der Waals surface area contributed by atoms with Gasteiger partial charge in [0.05, 0.1) is 11.2 Å². The third-order valence-corrected chi connectivity index (χ3v) is 5.47. The van der Waals surface area contributed by atoms with E-state index in [2.05, 4.69) is 22.1 Å². The van der Waals surface area contributed by atoms with Crippen LogP contribution < -0.4 is 5.32 Å². The van der Waals surface area contributed by atoms with Crippen molar-refractivity contribution in [3.63, 3.8) is 0 Å². The number of hydrogen-bond acceptors (Lipinski definition) is 4. The molecule has 2 fully saturated rings. The van der Waals surface area contributed by atoms with Crippen LogP contribution in [0.5, 0.6) is 0 Å². The van der Waals surface area contributed by atoms with E-state index in [1.165, 1.54) is 24.2 Å². The Bertz CT molecular complexity index is 475. The van der Waals surface area contributed by atoms with Crippen LogP contribution in [0.1, 0.15) is 54.4 Å². The van der Waals surface area contributed by atoms with Gasteiger partial charge in [-0.1, -0.05) is 6.92 Å². The van der Waals surface area contributed by atoms with Gasteiger partial charge in [-0.2, -0.15) is 0 Å². The summed E-state index contributed by atoms with van der Waals surface area (Å²) in [5.74, 6) is 0.193. The summed E-state index contributed by atoms with van der Waals surface area (Å²) in [5.41, 5.74) is 2.65. The van der Waals surface area contributed by atoms with Crippen molar-refractivity contribution in [2.75, 3.05) is 6.54 Å². The van der Waals surface area contributed by atoms with Crippen LogP contribution >= 0.6 is 11.3 Å². The molecule has 0 spiro atoms. The lowest BCUT2D eigenvalue weighted by Gasteiger charge is -2.37. The van der Waals surface area contributed by atoms with Gasteiger partial charge < -0.3 is 10.2 Å². The third kappa shape index (κ3) is 2.61. The van der Waals surface area contributed by atoms with Gasteiger partial charge >= 0.3 is 0 Å². The lowest BCUT2D eigenvalue weighted by Crippen LogP contribution is -2.50. The molecule has 20 heavy (non-hydrogen) atoms. The zero-order valence-electron chi connectivity index (χ0n) is 12.3. The summed E-state index contributed by atoms with van der Waals surface area (Å²) in [6.45, 7) is 4.94. The molecule has 0 saturated carbocycles. The largest absolute Gasteiger partial charge is 0.335 e. The molecule has 4 nitrogen and oxygen atoms in total. The van der Waals surface area contributed by atoms with Crippen molar-refractivity contribution in [1.82, 2.24) is 15.2 Å². The molecule has 2 atom stereocenters. The van der Waals surface area contributed by atoms with E-state index in [1.54, 1.807) is 5.51 Å². The summed E-state index contributed by atoms with van der Waals surface area (Å²) in [6.07, 6.45) is 5.78. The predicted octanol–water partition coefficient (Wildman–Crippen LogP) is 2.59. The van der Waals surface area contributed by atoms with Crippen molar-refractivity contribution < 1.29 is 4.79 Å². The van der Waals surface area contributed by atoms with Gasteiger partial charge in [0.25, 0.3) is 5.91 Å². The molecule has 2 aliphatic rings. The smallest absolute Gasteiger partial charge is 0.266 e. The van der Waals surface area contributed by atoms with Crippen molar-refractivity contribution in [3.8, 4) is 0 Å². The Morgan fingerprint density at radius 1 is 1.45 bits per heavy atom. The highest BCUT2D eigenvalue weighted by molar-refractivity contribution is 7.11. The van der Waals surface area contributed by atoms with E-state index < -0.39 is 0 Å². The van der Waals surface area contributed by atoms with Gasteiger partial charge in [-0.15, -0.1) is 11.3 Å². The molecule has 2 unspecified atom stereocenters. The van der Waals surface area contributed by atoms with Crippen molar-refractivity contribution in [3.05, 3.63) is 16.1 Å². The molecule has 1 N–H and O–H groups in total.